The van der Waals surface area contributed by atoms with Gasteiger partial charge in [0.25, 0.3) is 0 Å². The second-order valence-corrected chi connectivity index (χ2v) is 6.44. The number of unbranched alkanes of at least 4 members (excludes halogenated alkanes) is 2. The van der Waals surface area contributed by atoms with Crippen LogP contribution in [0.5, 0.6) is 0 Å². The maximum absolute atomic E-state index is 11.2. The standard InChI is InChI=1S/C8H20O7P2/c1-3-5-7-13-16(9,10)15-17(11,12)14-8-6-4-2/h3-8H2,1-2H3,(H,9,10)(H,11,12). The van der Waals surface area contributed by atoms with Gasteiger partial charge in [-0.05, 0) is 12.8 Å². The van der Waals surface area contributed by atoms with E-state index in [0.717, 1.165) is 12.8 Å². The Morgan fingerprint density at radius 1 is 0.882 bits per heavy atom. The molecule has 0 saturated heterocycles. The van der Waals surface area contributed by atoms with Gasteiger partial charge in [0.2, 0.25) is 0 Å². The van der Waals surface area contributed by atoms with Crippen LogP contribution in [0.4, 0.5) is 0 Å². The zero-order chi connectivity index (χ0) is 13.4. The van der Waals surface area contributed by atoms with Crippen LogP contribution >= 0.6 is 15.6 Å². The van der Waals surface area contributed by atoms with Gasteiger partial charge in [0.15, 0.2) is 0 Å². The van der Waals surface area contributed by atoms with Gasteiger partial charge in [-0.3, -0.25) is 9.05 Å². The normalized spacial score (nSPS) is 18.6. The first-order valence-corrected chi connectivity index (χ1v) is 8.48. The van der Waals surface area contributed by atoms with Crippen LogP contribution < -0.4 is 0 Å². The van der Waals surface area contributed by atoms with Crippen LogP contribution in [-0.2, 0) is 22.5 Å². The highest BCUT2D eigenvalue weighted by molar-refractivity contribution is 7.61. The summed E-state index contributed by atoms with van der Waals surface area (Å²) in [5.41, 5.74) is 0. The van der Waals surface area contributed by atoms with Gasteiger partial charge >= 0.3 is 15.6 Å². The molecule has 0 aromatic carbocycles. The monoisotopic (exact) mass is 290 g/mol. The maximum Gasteiger partial charge on any atom is 0.481 e. The minimum absolute atomic E-state index is 0.0146. The van der Waals surface area contributed by atoms with E-state index < -0.39 is 15.6 Å². The second kappa shape index (κ2) is 8.38. The SMILES string of the molecule is CCCCOP(=O)(O)OP(=O)(O)OCCCC. The first kappa shape index (κ1) is 17.3. The van der Waals surface area contributed by atoms with E-state index >= 15 is 0 Å². The minimum atomic E-state index is -4.53. The first-order chi connectivity index (χ1) is 7.83. The molecule has 104 valence electrons. The molecule has 0 aliphatic carbocycles. The molecular weight excluding hydrogens is 270 g/mol. The number of rotatable bonds is 10. The Bertz CT molecular complexity index is 266. The van der Waals surface area contributed by atoms with E-state index in [1.807, 2.05) is 13.8 Å². The largest absolute Gasteiger partial charge is 0.481 e. The molecule has 2 N–H and O–H groups in total. The summed E-state index contributed by atoms with van der Waals surface area (Å²) in [4.78, 5) is 18.3. The summed E-state index contributed by atoms with van der Waals surface area (Å²) in [5.74, 6) is 0. The molecule has 17 heavy (non-hydrogen) atoms. The molecule has 0 heterocycles. The van der Waals surface area contributed by atoms with Crippen LogP contribution in [0.15, 0.2) is 0 Å². The van der Waals surface area contributed by atoms with Crippen molar-refractivity contribution in [3.8, 4) is 0 Å². The third kappa shape index (κ3) is 9.92. The van der Waals surface area contributed by atoms with Gasteiger partial charge in [-0.15, -0.1) is 0 Å². The molecular formula is C8H20O7P2. The Morgan fingerprint density at radius 3 is 1.53 bits per heavy atom. The summed E-state index contributed by atoms with van der Waals surface area (Å²) in [6.45, 7) is 3.72. The van der Waals surface area contributed by atoms with Gasteiger partial charge < -0.3 is 9.79 Å². The van der Waals surface area contributed by atoms with Crippen molar-refractivity contribution in [1.29, 1.82) is 0 Å². The Morgan fingerprint density at radius 2 is 1.24 bits per heavy atom. The average Bonchev–Trinajstić information content (AvgIpc) is 2.16. The minimum Gasteiger partial charge on any atom is -0.302 e. The highest BCUT2D eigenvalue weighted by atomic mass is 31.3. The molecule has 2 atom stereocenters. The average molecular weight is 290 g/mol. The van der Waals surface area contributed by atoms with E-state index in [2.05, 4.69) is 13.4 Å². The lowest BCUT2D eigenvalue weighted by atomic mass is 10.4. The first-order valence-electron chi connectivity index (χ1n) is 5.49. The van der Waals surface area contributed by atoms with Crippen molar-refractivity contribution in [3.05, 3.63) is 0 Å². The van der Waals surface area contributed by atoms with Crippen molar-refractivity contribution in [2.45, 2.75) is 39.5 Å². The van der Waals surface area contributed by atoms with Crippen molar-refractivity contribution in [3.63, 3.8) is 0 Å². The fourth-order valence-corrected chi connectivity index (χ4v) is 2.97. The second-order valence-electron chi connectivity index (χ2n) is 3.39. The fraction of sp³-hybridized carbons (Fsp3) is 1.00. The zero-order valence-electron chi connectivity index (χ0n) is 10.1. The van der Waals surface area contributed by atoms with E-state index in [1.54, 1.807) is 0 Å². The topological polar surface area (TPSA) is 102 Å². The number of phosphoric acid groups is 2. The van der Waals surface area contributed by atoms with Crippen LogP contribution in [0.3, 0.4) is 0 Å². The van der Waals surface area contributed by atoms with Gasteiger partial charge in [0.1, 0.15) is 0 Å². The van der Waals surface area contributed by atoms with E-state index in [1.165, 1.54) is 0 Å². The third-order valence-corrected chi connectivity index (χ3v) is 4.38. The van der Waals surface area contributed by atoms with Gasteiger partial charge in [-0.25, -0.2) is 9.13 Å². The molecule has 0 amide bonds. The zero-order valence-corrected chi connectivity index (χ0v) is 11.9. The quantitative estimate of drug-likeness (QED) is 0.471. The van der Waals surface area contributed by atoms with E-state index in [4.69, 9.17) is 9.79 Å². The molecule has 0 spiro atoms. The molecule has 0 aromatic heterocycles. The molecule has 0 radical (unpaired) electrons. The van der Waals surface area contributed by atoms with Crippen LogP contribution in [-0.4, -0.2) is 23.0 Å². The Kier molecular flexibility index (Phi) is 8.51. The van der Waals surface area contributed by atoms with E-state index in [9.17, 15) is 9.13 Å². The Labute approximate surface area is 101 Å². The van der Waals surface area contributed by atoms with Crippen molar-refractivity contribution < 1.29 is 32.3 Å². The number of hydrogen-bond donors (Lipinski definition) is 2. The predicted octanol–water partition coefficient (Wildman–Crippen LogP) is 2.84. The lowest BCUT2D eigenvalue weighted by Gasteiger charge is -2.15. The molecule has 0 saturated carbocycles. The van der Waals surface area contributed by atoms with Crippen molar-refractivity contribution in [2.24, 2.45) is 0 Å². The molecule has 9 heteroatoms. The van der Waals surface area contributed by atoms with Gasteiger partial charge in [-0.1, -0.05) is 26.7 Å². The molecule has 7 nitrogen and oxygen atoms in total. The number of hydrogen-bond acceptors (Lipinski definition) is 5. The van der Waals surface area contributed by atoms with Crippen molar-refractivity contribution >= 4 is 15.6 Å². The predicted molar refractivity (Wildman–Crippen MR) is 62.5 cm³/mol. The molecule has 0 aliphatic rings. The smallest absolute Gasteiger partial charge is 0.302 e. The molecule has 2 unspecified atom stereocenters. The lowest BCUT2D eigenvalue weighted by molar-refractivity contribution is 0.152. The molecule has 0 rings (SSSR count). The summed E-state index contributed by atoms with van der Waals surface area (Å²) in [5, 5.41) is 0. The molecule has 0 aliphatic heterocycles. The maximum atomic E-state index is 11.2. The van der Waals surface area contributed by atoms with Crippen LogP contribution in [0, 0.1) is 0 Å². The van der Waals surface area contributed by atoms with Gasteiger partial charge in [0, 0.05) is 0 Å². The highest BCUT2D eigenvalue weighted by Gasteiger charge is 2.34. The van der Waals surface area contributed by atoms with Crippen molar-refractivity contribution in [1.82, 2.24) is 0 Å². The Balaban J connectivity index is 4.09. The molecule has 0 bridgehead atoms. The van der Waals surface area contributed by atoms with E-state index in [-0.39, 0.29) is 13.2 Å². The van der Waals surface area contributed by atoms with Crippen LogP contribution in [0.2, 0.25) is 0 Å². The highest BCUT2D eigenvalue weighted by Crippen LogP contribution is 2.60. The summed E-state index contributed by atoms with van der Waals surface area (Å²) >= 11 is 0. The summed E-state index contributed by atoms with van der Waals surface area (Å²) in [7, 11) is -9.06. The fourth-order valence-electron chi connectivity index (χ4n) is 0.826. The number of phosphoric ester groups is 2. The third-order valence-electron chi connectivity index (χ3n) is 1.71. The van der Waals surface area contributed by atoms with E-state index in [0.29, 0.717) is 12.8 Å². The van der Waals surface area contributed by atoms with Crippen LogP contribution in [0.25, 0.3) is 0 Å². The summed E-state index contributed by atoms with van der Waals surface area (Å²) in [6.07, 6.45) is 2.65. The summed E-state index contributed by atoms with van der Waals surface area (Å²) in [6, 6.07) is 0. The molecule has 0 aromatic rings. The van der Waals surface area contributed by atoms with Crippen molar-refractivity contribution in [2.75, 3.05) is 13.2 Å². The van der Waals surface area contributed by atoms with Crippen LogP contribution in [0.1, 0.15) is 39.5 Å². The van der Waals surface area contributed by atoms with Gasteiger partial charge in [0.05, 0.1) is 13.2 Å². The summed E-state index contributed by atoms with van der Waals surface area (Å²) < 4.78 is 35.5. The molecule has 0 fully saturated rings. The lowest BCUT2D eigenvalue weighted by Crippen LogP contribution is -1.99. The Hall–Kier alpha value is 0.260. The van der Waals surface area contributed by atoms with Gasteiger partial charge in [-0.2, -0.15) is 4.31 Å².